The summed E-state index contributed by atoms with van der Waals surface area (Å²) in [6, 6.07) is 11.5. The Kier molecular flexibility index (Phi) is 2.89. The number of rotatable bonds is 5. The smallest absolute Gasteiger partial charge is 0.0480 e. The molecule has 1 N–H and O–H groups in total. The van der Waals surface area contributed by atoms with Crippen molar-refractivity contribution in [2.45, 2.75) is 32.4 Å². The van der Waals surface area contributed by atoms with E-state index in [9.17, 15) is 0 Å². The lowest BCUT2D eigenvalue weighted by Crippen LogP contribution is -2.30. The Labute approximate surface area is 103 Å². The average molecular weight is 228 g/mol. The molecule has 0 bridgehead atoms. The quantitative estimate of drug-likeness (QED) is 0.832. The molecule has 1 atom stereocenters. The fraction of sp³-hybridized carbons (Fsp3) is 0.467. The predicted octanol–water partition coefficient (Wildman–Crippen LogP) is 3.03. The first-order valence-electron chi connectivity index (χ1n) is 6.62. The van der Waals surface area contributed by atoms with Crippen LogP contribution in [0.25, 0.3) is 10.9 Å². The molecule has 1 fully saturated rings. The molecule has 0 saturated heterocycles. The van der Waals surface area contributed by atoms with Crippen molar-refractivity contribution in [2.75, 3.05) is 6.54 Å². The lowest BCUT2D eigenvalue weighted by atomic mass is 10.2. The highest BCUT2D eigenvalue weighted by Crippen LogP contribution is 2.32. The van der Waals surface area contributed by atoms with Crippen molar-refractivity contribution in [1.29, 1.82) is 0 Å². The Balaban J connectivity index is 1.60. The summed E-state index contributed by atoms with van der Waals surface area (Å²) in [6.07, 6.45) is 5.02. The van der Waals surface area contributed by atoms with E-state index in [2.05, 4.69) is 53.3 Å². The molecule has 0 radical (unpaired) electrons. The first-order valence-corrected chi connectivity index (χ1v) is 6.62. The molecule has 1 aliphatic rings. The van der Waals surface area contributed by atoms with E-state index >= 15 is 0 Å². The molecule has 1 saturated carbocycles. The molecule has 17 heavy (non-hydrogen) atoms. The van der Waals surface area contributed by atoms with Gasteiger partial charge in [-0.25, -0.2) is 0 Å². The predicted molar refractivity (Wildman–Crippen MR) is 72.1 cm³/mol. The van der Waals surface area contributed by atoms with Crippen molar-refractivity contribution < 1.29 is 0 Å². The summed E-state index contributed by atoms with van der Waals surface area (Å²) >= 11 is 0. The Bertz CT molecular complexity index is 496. The first-order chi connectivity index (χ1) is 8.34. The zero-order valence-electron chi connectivity index (χ0n) is 10.4. The molecule has 0 amide bonds. The largest absolute Gasteiger partial charge is 0.346 e. The van der Waals surface area contributed by atoms with Crippen LogP contribution in [0.2, 0.25) is 0 Å². The minimum Gasteiger partial charge on any atom is -0.346 e. The summed E-state index contributed by atoms with van der Waals surface area (Å²) < 4.78 is 2.34. The van der Waals surface area contributed by atoms with E-state index in [4.69, 9.17) is 0 Å². The minimum absolute atomic E-state index is 0.692. The fourth-order valence-electron chi connectivity index (χ4n) is 2.51. The molecule has 2 aromatic rings. The zero-order valence-corrected chi connectivity index (χ0v) is 10.4. The first kappa shape index (κ1) is 10.8. The highest BCUT2D eigenvalue weighted by Gasteiger charge is 2.27. The second kappa shape index (κ2) is 4.53. The summed E-state index contributed by atoms with van der Waals surface area (Å²) in [5.41, 5.74) is 1.34. The maximum absolute atomic E-state index is 3.63. The van der Waals surface area contributed by atoms with Crippen molar-refractivity contribution in [2.24, 2.45) is 5.92 Å². The van der Waals surface area contributed by atoms with E-state index in [1.807, 2.05) is 0 Å². The molecule has 1 unspecified atom stereocenters. The van der Waals surface area contributed by atoms with Gasteiger partial charge in [-0.1, -0.05) is 18.2 Å². The van der Waals surface area contributed by atoms with Crippen LogP contribution in [-0.4, -0.2) is 17.2 Å². The molecule has 2 heteroatoms. The normalized spacial score (nSPS) is 17.5. The molecule has 0 aliphatic heterocycles. The van der Waals surface area contributed by atoms with Gasteiger partial charge in [0.25, 0.3) is 0 Å². The number of hydrogen-bond acceptors (Lipinski definition) is 1. The molecule has 0 spiro atoms. The third kappa shape index (κ3) is 2.37. The SMILES string of the molecule is CC(NCCn1ccc2ccccc21)C1CC1. The van der Waals surface area contributed by atoms with Gasteiger partial charge in [-0.05, 0) is 43.2 Å². The Hall–Kier alpha value is -1.28. The third-order valence-corrected chi connectivity index (χ3v) is 3.83. The summed E-state index contributed by atoms with van der Waals surface area (Å²) in [5.74, 6) is 0.941. The van der Waals surface area contributed by atoms with E-state index in [1.165, 1.54) is 23.7 Å². The standard InChI is InChI=1S/C15H20N2/c1-12(13-6-7-13)16-9-11-17-10-8-14-4-2-3-5-15(14)17/h2-5,8,10,12-13,16H,6-7,9,11H2,1H3. The van der Waals surface area contributed by atoms with Crippen LogP contribution in [0.15, 0.2) is 36.5 Å². The van der Waals surface area contributed by atoms with E-state index in [1.54, 1.807) is 0 Å². The van der Waals surface area contributed by atoms with E-state index in [0.717, 1.165) is 19.0 Å². The summed E-state index contributed by atoms with van der Waals surface area (Å²) in [5, 5.41) is 4.96. The topological polar surface area (TPSA) is 17.0 Å². The summed E-state index contributed by atoms with van der Waals surface area (Å²) in [6.45, 7) is 4.44. The van der Waals surface area contributed by atoms with Gasteiger partial charge in [0.1, 0.15) is 0 Å². The van der Waals surface area contributed by atoms with Crippen LogP contribution >= 0.6 is 0 Å². The van der Waals surface area contributed by atoms with Crippen molar-refractivity contribution in [1.82, 2.24) is 9.88 Å². The second-order valence-corrected chi connectivity index (χ2v) is 5.15. The Morgan fingerprint density at radius 2 is 2.12 bits per heavy atom. The number of para-hydroxylation sites is 1. The molecule has 1 heterocycles. The third-order valence-electron chi connectivity index (χ3n) is 3.83. The highest BCUT2D eigenvalue weighted by atomic mass is 15.0. The lowest BCUT2D eigenvalue weighted by molar-refractivity contribution is 0.478. The van der Waals surface area contributed by atoms with Gasteiger partial charge in [0, 0.05) is 30.8 Å². The molecular weight excluding hydrogens is 208 g/mol. The number of nitrogens with zero attached hydrogens (tertiary/aromatic N) is 1. The second-order valence-electron chi connectivity index (χ2n) is 5.15. The molecule has 1 aromatic heterocycles. The van der Waals surface area contributed by atoms with Gasteiger partial charge in [0.05, 0.1) is 0 Å². The van der Waals surface area contributed by atoms with Crippen LogP contribution in [0, 0.1) is 5.92 Å². The summed E-state index contributed by atoms with van der Waals surface area (Å²) in [7, 11) is 0. The Morgan fingerprint density at radius 1 is 1.29 bits per heavy atom. The maximum atomic E-state index is 3.63. The fourth-order valence-corrected chi connectivity index (χ4v) is 2.51. The van der Waals surface area contributed by atoms with Gasteiger partial charge in [0.15, 0.2) is 0 Å². The molecule has 1 aromatic carbocycles. The average Bonchev–Trinajstić information content (AvgIpc) is 3.12. The Morgan fingerprint density at radius 3 is 2.94 bits per heavy atom. The monoisotopic (exact) mass is 228 g/mol. The lowest BCUT2D eigenvalue weighted by Gasteiger charge is -2.13. The van der Waals surface area contributed by atoms with Crippen molar-refractivity contribution in [3.05, 3.63) is 36.5 Å². The van der Waals surface area contributed by atoms with Crippen LogP contribution in [-0.2, 0) is 6.54 Å². The zero-order chi connectivity index (χ0) is 11.7. The van der Waals surface area contributed by atoms with Crippen molar-refractivity contribution in [3.8, 4) is 0 Å². The van der Waals surface area contributed by atoms with E-state index in [0.29, 0.717) is 6.04 Å². The number of benzene rings is 1. The van der Waals surface area contributed by atoms with Gasteiger partial charge in [-0.15, -0.1) is 0 Å². The summed E-state index contributed by atoms with van der Waals surface area (Å²) in [4.78, 5) is 0. The molecular formula is C15H20N2. The van der Waals surface area contributed by atoms with Gasteiger partial charge in [-0.2, -0.15) is 0 Å². The van der Waals surface area contributed by atoms with Gasteiger partial charge >= 0.3 is 0 Å². The van der Waals surface area contributed by atoms with Crippen molar-refractivity contribution >= 4 is 10.9 Å². The number of hydrogen-bond donors (Lipinski definition) is 1. The van der Waals surface area contributed by atoms with Crippen LogP contribution in [0.5, 0.6) is 0 Å². The minimum atomic E-state index is 0.692. The number of aromatic nitrogens is 1. The van der Waals surface area contributed by atoms with Crippen LogP contribution < -0.4 is 5.32 Å². The van der Waals surface area contributed by atoms with Crippen LogP contribution in [0.3, 0.4) is 0 Å². The molecule has 1 aliphatic carbocycles. The van der Waals surface area contributed by atoms with Gasteiger partial charge < -0.3 is 9.88 Å². The van der Waals surface area contributed by atoms with Crippen LogP contribution in [0.1, 0.15) is 19.8 Å². The van der Waals surface area contributed by atoms with Crippen molar-refractivity contribution in [3.63, 3.8) is 0 Å². The van der Waals surface area contributed by atoms with Crippen LogP contribution in [0.4, 0.5) is 0 Å². The number of nitrogens with one attached hydrogen (secondary N) is 1. The van der Waals surface area contributed by atoms with Gasteiger partial charge in [0.2, 0.25) is 0 Å². The number of fused-ring (bicyclic) bond motifs is 1. The molecule has 3 rings (SSSR count). The highest BCUT2D eigenvalue weighted by molar-refractivity contribution is 5.79. The van der Waals surface area contributed by atoms with E-state index < -0.39 is 0 Å². The maximum Gasteiger partial charge on any atom is 0.0480 e. The molecule has 2 nitrogen and oxygen atoms in total. The van der Waals surface area contributed by atoms with Gasteiger partial charge in [-0.3, -0.25) is 0 Å². The molecule has 90 valence electrons. The van der Waals surface area contributed by atoms with E-state index in [-0.39, 0.29) is 0 Å².